The Morgan fingerprint density at radius 1 is 1.11 bits per heavy atom. The lowest BCUT2D eigenvalue weighted by Gasteiger charge is -2.43. The minimum atomic E-state index is -3.43. The van der Waals surface area contributed by atoms with Crippen LogP contribution in [0.4, 0.5) is 10.5 Å². The van der Waals surface area contributed by atoms with Crippen molar-refractivity contribution in [3.63, 3.8) is 0 Å². The molecule has 4 aliphatic rings. The highest BCUT2D eigenvalue weighted by atomic mass is 35.5. The van der Waals surface area contributed by atoms with Crippen molar-refractivity contribution in [1.29, 1.82) is 0 Å². The summed E-state index contributed by atoms with van der Waals surface area (Å²) in [5.74, 6) is 0.736. The quantitative estimate of drug-likeness (QED) is 0.353. The SMILES string of the molecule is CO[C@H]1/C=C/C[C@H](C)C[S@@](=O)(NC(=O)NC2CC2)=NC(=O)c2ccc3c(c2)N(Cc2ccc(Cl)cc2CCCCO3)C[C@@H]2CC[C@H]21. The Bertz CT molecular complexity index is 1600. The van der Waals surface area contributed by atoms with E-state index in [1.54, 1.807) is 13.2 Å². The van der Waals surface area contributed by atoms with Crippen molar-refractivity contribution < 1.29 is 23.3 Å². The second-order valence-corrected chi connectivity index (χ2v) is 15.7. The van der Waals surface area contributed by atoms with E-state index < -0.39 is 21.9 Å². The molecule has 2 aliphatic heterocycles. The molecule has 46 heavy (non-hydrogen) atoms. The predicted molar refractivity (Wildman–Crippen MR) is 182 cm³/mol. The fourth-order valence-electron chi connectivity index (χ4n) is 6.76. The first-order chi connectivity index (χ1) is 22.2. The number of carbonyl (C=O) groups is 2. The van der Waals surface area contributed by atoms with Crippen molar-refractivity contribution in [2.45, 2.75) is 77.0 Å². The average Bonchev–Trinajstić information content (AvgIpc) is 3.81. The van der Waals surface area contributed by atoms with Crippen molar-refractivity contribution in [2.75, 3.05) is 30.9 Å². The van der Waals surface area contributed by atoms with E-state index in [9.17, 15) is 13.8 Å². The molecule has 2 aliphatic carbocycles. The standard InChI is InChI=1S/C35H45ClN4O5S/c1-23-6-5-8-32(44-2)30-15-10-27(30)21-40-20-26-9-12-28(36)18-24(26)7-3-4-17-45-33-16-11-25(19-31(33)40)34(41)38-46(43,22-23)39-35(42)37-29-13-14-29/h5,8-9,11-12,16,18-19,23,27,29-30,32H,3-4,6-7,10,13-15,17,20-22H2,1-2H3,(H2,37,38,39,41,42,43)/b8-5+/t23-,27-,30+,32-,46-/m0/s1. The molecule has 2 heterocycles. The molecule has 5 atom stereocenters. The summed E-state index contributed by atoms with van der Waals surface area (Å²) in [4.78, 5) is 28.8. The van der Waals surface area contributed by atoms with Crippen molar-refractivity contribution >= 4 is 39.1 Å². The zero-order valence-corrected chi connectivity index (χ0v) is 28.3. The molecule has 0 aromatic heterocycles. The van der Waals surface area contributed by atoms with E-state index >= 15 is 0 Å². The van der Waals surface area contributed by atoms with E-state index in [1.165, 1.54) is 11.1 Å². The van der Waals surface area contributed by atoms with Crippen molar-refractivity contribution in [1.82, 2.24) is 10.0 Å². The number of hydrogen-bond acceptors (Lipinski definition) is 6. The van der Waals surface area contributed by atoms with Gasteiger partial charge in [0.05, 0.1) is 24.2 Å². The van der Waals surface area contributed by atoms with E-state index in [0.717, 1.165) is 62.2 Å². The maximum Gasteiger partial charge on any atom is 0.327 e. The van der Waals surface area contributed by atoms with Crippen LogP contribution in [0.5, 0.6) is 5.75 Å². The van der Waals surface area contributed by atoms with Crippen LogP contribution in [-0.2, 0) is 27.6 Å². The molecular formula is C35H45ClN4O5S. The number of allylic oxidation sites excluding steroid dienone is 1. The van der Waals surface area contributed by atoms with Crippen LogP contribution in [0.3, 0.4) is 0 Å². The normalized spacial score (nSPS) is 29.4. The van der Waals surface area contributed by atoms with Crippen LogP contribution < -0.4 is 19.7 Å². The fourth-order valence-corrected chi connectivity index (χ4v) is 8.79. The fraction of sp³-hybridized carbons (Fsp3) is 0.543. The number of benzene rings is 2. The van der Waals surface area contributed by atoms with Crippen LogP contribution >= 0.6 is 11.6 Å². The molecule has 11 heteroatoms. The molecule has 2 N–H and O–H groups in total. The van der Waals surface area contributed by atoms with Gasteiger partial charge in [0, 0.05) is 36.8 Å². The lowest BCUT2D eigenvalue weighted by atomic mass is 9.70. The minimum Gasteiger partial charge on any atom is -0.491 e. The third kappa shape index (κ3) is 8.06. The number of carbonyl (C=O) groups excluding carboxylic acids is 2. The molecule has 0 saturated heterocycles. The van der Waals surface area contributed by atoms with Crippen LogP contribution in [0.1, 0.15) is 73.4 Å². The smallest absolute Gasteiger partial charge is 0.327 e. The Labute approximate surface area is 277 Å². The van der Waals surface area contributed by atoms with E-state index in [-0.39, 0.29) is 23.8 Å². The van der Waals surface area contributed by atoms with Crippen LogP contribution in [-0.4, -0.2) is 54.3 Å². The van der Waals surface area contributed by atoms with Gasteiger partial charge in [-0.1, -0.05) is 36.7 Å². The molecule has 2 bridgehead atoms. The van der Waals surface area contributed by atoms with Crippen molar-refractivity contribution in [3.05, 3.63) is 70.3 Å². The van der Waals surface area contributed by atoms with Gasteiger partial charge in [-0.2, -0.15) is 0 Å². The zero-order valence-electron chi connectivity index (χ0n) is 26.7. The molecule has 3 amide bonds. The highest BCUT2D eigenvalue weighted by Crippen LogP contribution is 2.42. The molecule has 9 nitrogen and oxygen atoms in total. The number of anilines is 1. The molecule has 2 aromatic rings. The van der Waals surface area contributed by atoms with Gasteiger partial charge in [-0.25, -0.2) is 9.00 Å². The van der Waals surface area contributed by atoms with Gasteiger partial charge in [0.1, 0.15) is 15.7 Å². The van der Waals surface area contributed by atoms with Gasteiger partial charge >= 0.3 is 6.03 Å². The molecule has 2 aromatic carbocycles. The third-order valence-electron chi connectivity index (χ3n) is 9.57. The number of amides is 3. The van der Waals surface area contributed by atoms with Crippen LogP contribution in [0.25, 0.3) is 0 Å². The Balaban J connectivity index is 1.44. The maximum atomic E-state index is 14.2. The Hall–Kier alpha value is -3.08. The van der Waals surface area contributed by atoms with Gasteiger partial charge in [-0.05, 0) is 111 Å². The van der Waals surface area contributed by atoms with Crippen LogP contribution in [0.15, 0.2) is 52.9 Å². The molecule has 2 saturated carbocycles. The number of rotatable bonds is 3. The lowest BCUT2D eigenvalue weighted by molar-refractivity contribution is 0.0133. The van der Waals surface area contributed by atoms with Crippen molar-refractivity contribution in [2.24, 2.45) is 22.1 Å². The lowest BCUT2D eigenvalue weighted by Crippen LogP contribution is -2.43. The Morgan fingerprint density at radius 3 is 2.72 bits per heavy atom. The highest BCUT2D eigenvalue weighted by Gasteiger charge is 2.38. The monoisotopic (exact) mass is 668 g/mol. The van der Waals surface area contributed by atoms with Gasteiger partial charge in [0.25, 0.3) is 5.91 Å². The minimum absolute atomic E-state index is 0.0460. The molecular weight excluding hydrogens is 624 g/mol. The zero-order chi connectivity index (χ0) is 32.3. The highest BCUT2D eigenvalue weighted by molar-refractivity contribution is 7.92. The Morgan fingerprint density at radius 2 is 1.96 bits per heavy atom. The van der Waals surface area contributed by atoms with E-state index in [0.29, 0.717) is 42.7 Å². The van der Waals surface area contributed by atoms with E-state index in [4.69, 9.17) is 21.1 Å². The maximum absolute atomic E-state index is 14.2. The summed E-state index contributed by atoms with van der Waals surface area (Å²) in [7, 11) is -1.67. The second kappa shape index (κ2) is 14.4. The summed E-state index contributed by atoms with van der Waals surface area (Å²) in [5.41, 5.74) is 3.51. The Kier molecular flexibility index (Phi) is 10.3. The molecule has 6 rings (SSSR count). The number of urea groups is 1. The summed E-state index contributed by atoms with van der Waals surface area (Å²) < 4.78 is 33.4. The summed E-state index contributed by atoms with van der Waals surface area (Å²) in [6.45, 7) is 3.87. The summed E-state index contributed by atoms with van der Waals surface area (Å²) in [6, 6.07) is 10.9. The molecule has 248 valence electrons. The van der Waals surface area contributed by atoms with Gasteiger partial charge in [-0.15, -0.1) is 4.36 Å². The van der Waals surface area contributed by atoms with Crippen LogP contribution in [0.2, 0.25) is 5.02 Å². The van der Waals surface area contributed by atoms with Gasteiger partial charge in [0.2, 0.25) is 0 Å². The van der Waals surface area contributed by atoms with Gasteiger partial charge < -0.3 is 19.7 Å². The summed E-state index contributed by atoms with van der Waals surface area (Å²) in [5, 5.41) is 3.54. The van der Waals surface area contributed by atoms with Crippen molar-refractivity contribution in [3.8, 4) is 5.75 Å². The summed E-state index contributed by atoms with van der Waals surface area (Å²) >= 11 is 6.44. The van der Waals surface area contributed by atoms with Crippen LogP contribution in [0, 0.1) is 17.8 Å². The first-order valence-corrected chi connectivity index (χ1v) is 18.6. The average molecular weight is 669 g/mol. The van der Waals surface area contributed by atoms with Gasteiger partial charge in [0.15, 0.2) is 0 Å². The van der Waals surface area contributed by atoms with E-state index in [1.807, 2.05) is 25.1 Å². The second-order valence-electron chi connectivity index (χ2n) is 13.3. The largest absolute Gasteiger partial charge is 0.491 e. The van der Waals surface area contributed by atoms with E-state index in [2.05, 4.69) is 43.6 Å². The number of aryl methyl sites for hydroxylation is 1. The van der Waals surface area contributed by atoms with Gasteiger partial charge in [-0.3, -0.25) is 9.52 Å². The predicted octanol–water partition coefficient (Wildman–Crippen LogP) is 6.68. The summed E-state index contributed by atoms with van der Waals surface area (Å²) in [6.07, 6.45) is 11.4. The number of ether oxygens (including phenoxy) is 2. The number of hydrogen-bond donors (Lipinski definition) is 2. The first kappa shape index (κ1) is 32.8. The molecule has 2 fully saturated rings. The first-order valence-electron chi connectivity index (χ1n) is 16.6. The number of methoxy groups -OCH3 is 1. The molecule has 0 unspecified atom stereocenters. The third-order valence-corrected chi connectivity index (χ3v) is 11.8. The number of nitrogens with zero attached hydrogens (tertiary/aromatic N) is 2. The topological polar surface area (TPSA) is 109 Å². The number of halogens is 1. The molecule has 0 radical (unpaired) electrons. The number of fused-ring (bicyclic) bond motifs is 3. The molecule has 0 spiro atoms. The number of nitrogens with one attached hydrogen (secondary N) is 2.